The SMILES string of the molecule is C=CC[C@]1(O)C(n2cnc3c(OC)nc(N)nc32)OC(CO)[C@H]1OC. The van der Waals surface area contributed by atoms with E-state index in [0.717, 1.165) is 0 Å². The second-order valence-electron chi connectivity index (χ2n) is 5.76. The Morgan fingerprint density at radius 3 is 2.84 bits per heavy atom. The molecule has 1 aliphatic heterocycles. The predicted molar refractivity (Wildman–Crippen MR) is 87.8 cm³/mol. The van der Waals surface area contributed by atoms with Crippen molar-refractivity contribution in [3.05, 3.63) is 19.0 Å². The van der Waals surface area contributed by atoms with Crippen molar-refractivity contribution in [1.29, 1.82) is 0 Å². The minimum Gasteiger partial charge on any atom is -0.479 e. The van der Waals surface area contributed by atoms with Crippen molar-refractivity contribution in [2.75, 3.05) is 26.6 Å². The van der Waals surface area contributed by atoms with Gasteiger partial charge in [0.1, 0.15) is 17.8 Å². The Kier molecular flexibility index (Phi) is 4.60. The van der Waals surface area contributed by atoms with E-state index in [-0.39, 0.29) is 24.9 Å². The predicted octanol–water partition coefficient (Wildman–Crippen LogP) is -0.371. The quantitative estimate of drug-likeness (QED) is 0.595. The van der Waals surface area contributed by atoms with Crippen LogP contribution in [0.2, 0.25) is 0 Å². The van der Waals surface area contributed by atoms with Gasteiger partial charge in [0, 0.05) is 13.5 Å². The molecule has 0 radical (unpaired) electrons. The highest BCUT2D eigenvalue weighted by atomic mass is 16.6. The molecule has 1 fully saturated rings. The lowest BCUT2D eigenvalue weighted by Crippen LogP contribution is -2.47. The number of aromatic nitrogens is 4. The molecule has 2 aromatic rings. The van der Waals surface area contributed by atoms with Crippen LogP contribution >= 0.6 is 0 Å². The average molecular weight is 351 g/mol. The van der Waals surface area contributed by atoms with Crippen molar-refractivity contribution in [3.63, 3.8) is 0 Å². The van der Waals surface area contributed by atoms with E-state index in [2.05, 4.69) is 21.5 Å². The van der Waals surface area contributed by atoms with Gasteiger partial charge in [-0.1, -0.05) is 6.08 Å². The number of imidazole rings is 1. The summed E-state index contributed by atoms with van der Waals surface area (Å²) in [7, 11) is 2.89. The Labute approximate surface area is 143 Å². The number of aliphatic hydroxyl groups excluding tert-OH is 1. The molecule has 4 N–H and O–H groups in total. The molecule has 4 atom stereocenters. The molecule has 0 amide bonds. The van der Waals surface area contributed by atoms with Crippen molar-refractivity contribution in [2.24, 2.45) is 0 Å². The summed E-state index contributed by atoms with van der Waals surface area (Å²) in [5.74, 6) is 0.215. The number of ether oxygens (including phenoxy) is 3. The zero-order chi connectivity index (χ0) is 18.2. The highest BCUT2D eigenvalue weighted by Crippen LogP contribution is 2.43. The van der Waals surface area contributed by atoms with Gasteiger partial charge in [0.15, 0.2) is 17.4 Å². The molecule has 136 valence electrons. The van der Waals surface area contributed by atoms with Gasteiger partial charge in [-0.2, -0.15) is 9.97 Å². The maximum Gasteiger partial charge on any atom is 0.246 e. The zero-order valence-electron chi connectivity index (χ0n) is 14.0. The first-order valence-corrected chi connectivity index (χ1v) is 7.66. The summed E-state index contributed by atoms with van der Waals surface area (Å²) in [6.45, 7) is 3.37. The van der Waals surface area contributed by atoms with Gasteiger partial charge < -0.3 is 30.2 Å². The van der Waals surface area contributed by atoms with Gasteiger partial charge in [0.2, 0.25) is 11.8 Å². The van der Waals surface area contributed by atoms with E-state index in [9.17, 15) is 10.2 Å². The first-order chi connectivity index (χ1) is 12.0. The Bertz CT molecular complexity index is 781. The summed E-state index contributed by atoms with van der Waals surface area (Å²) in [5.41, 5.74) is 4.97. The van der Waals surface area contributed by atoms with Crippen molar-refractivity contribution in [1.82, 2.24) is 19.5 Å². The molecule has 0 saturated carbocycles. The molecule has 0 aliphatic carbocycles. The largest absolute Gasteiger partial charge is 0.479 e. The number of methoxy groups -OCH3 is 2. The highest BCUT2D eigenvalue weighted by molar-refractivity contribution is 5.77. The molecule has 2 aromatic heterocycles. The molecule has 0 spiro atoms. The Morgan fingerprint density at radius 1 is 1.48 bits per heavy atom. The molecule has 0 bridgehead atoms. The van der Waals surface area contributed by atoms with Crippen molar-refractivity contribution >= 4 is 17.1 Å². The third-order valence-corrected chi connectivity index (χ3v) is 4.32. The average Bonchev–Trinajstić information content (AvgIpc) is 3.12. The van der Waals surface area contributed by atoms with Crippen LogP contribution in [0.4, 0.5) is 5.95 Å². The topological polar surface area (TPSA) is 138 Å². The van der Waals surface area contributed by atoms with E-state index in [1.54, 1.807) is 6.08 Å². The molecule has 1 aliphatic rings. The summed E-state index contributed by atoms with van der Waals surface area (Å²) in [5, 5.41) is 20.8. The minimum absolute atomic E-state index is 0.00152. The van der Waals surface area contributed by atoms with Crippen LogP contribution in [0.25, 0.3) is 11.2 Å². The van der Waals surface area contributed by atoms with E-state index in [0.29, 0.717) is 11.2 Å². The van der Waals surface area contributed by atoms with Gasteiger partial charge in [-0.05, 0) is 0 Å². The molecular weight excluding hydrogens is 330 g/mol. The molecule has 25 heavy (non-hydrogen) atoms. The van der Waals surface area contributed by atoms with Crippen LogP contribution in [0.3, 0.4) is 0 Å². The maximum atomic E-state index is 11.3. The number of rotatable bonds is 6. The van der Waals surface area contributed by atoms with Gasteiger partial charge in [-0.25, -0.2) is 4.98 Å². The number of hydrogen-bond acceptors (Lipinski definition) is 9. The Morgan fingerprint density at radius 2 is 2.24 bits per heavy atom. The zero-order valence-corrected chi connectivity index (χ0v) is 14.0. The van der Waals surface area contributed by atoms with E-state index >= 15 is 0 Å². The number of fused-ring (bicyclic) bond motifs is 1. The fourth-order valence-electron chi connectivity index (χ4n) is 3.29. The fraction of sp³-hybridized carbons (Fsp3) is 0.533. The lowest BCUT2D eigenvalue weighted by molar-refractivity contribution is -0.111. The van der Waals surface area contributed by atoms with Crippen LogP contribution in [0, 0.1) is 0 Å². The molecule has 3 rings (SSSR count). The normalized spacial score (nSPS) is 29.2. The van der Waals surface area contributed by atoms with E-state index in [4.69, 9.17) is 19.9 Å². The third kappa shape index (κ3) is 2.63. The van der Waals surface area contributed by atoms with Gasteiger partial charge in [-0.3, -0.25) is 4.57 Å². The maximum absolute atomic E-state index is 11.3. The summed E-state index contributed by atoms with van der Waals surface area (Å²) in [6, 6.07) is 0. The molecule has 1 saturated heterocycles. The monoisotopic (exact) mass is 351 g/mol. The first kappa shape index (κ1) is 17.5. The Balaban J connectivity index is 2.15. The minimum atomic E-state index is -1.48. The third-order valence-electron chi connectivity index (χ3n) is 4.32. The number of aliphatic hydroxyl groups is 2. The number of anilines is 1. The fourth-order valence-corrected chi connectivity index (χ4v) is 3.29. The van der Waals surface area contributed by atoms with Crippen molar-refractivity contribution in [3.8, 4) is 5.88 Å². The molecule has 10 heteroatoms. The summed E-state index contributed by atoms with van der Waals surface area (Å²) in [4.78, 5) is 12.4. The summed E-state index contributed by atoms with van der Waals surface area (Å²) >= 11 is 0. The van der Waals surface area contributed by atoms with E-state index < -0.39 is 24.0 Å². The van der Waals surface area contributed by atoms with Gasteiger partial charge in [-0.15, -0.1) is 6.58 Å². The number of hydrogen-bond donors (Lipinski definition) is 3. The molecular formula is C15H21N5O5. The molecule has 2 unspecified atom stereocenters. The van der Waals surface area contributed by atoms with Crippen LogP contribution < -0.4 is 10.5 Å². The van der Waals surface area contributed by atoms with Crippen LogP contribution in [0.1, 0.15) is 12.6 Å². The molecule has 10 nitrogen and oxygen atoms in total. The van der Waals surface area contributed by atoms with Crippen LogP contribution in [-0.4, -0.2) is 68.4 Å². The second kappa shape index (κ2) is 6.56. The lowest BCUT2D eigenvalue weighted by atomic mass is 9.90. The number of nitrogen functional groups attached to an aromatic ring is 1. The van der Waals surface area contributed by atoms with Crippen molar-refractivity contribution in [2.45, 2.75) is 30.5 Å². The van der Waals surface area contributed by atoms with E-state index in [1.165, 1.54) is 25.1 Å². The standard InChI is InChI=1S/C15H21N5O5/c1-4-5-15(22)10(23-2)8(6-21)25-13(15)20-7-17-9-11(20)18-14(16)19-12(9)24-3/h4,7-8,10,13,21-22H,1,5-6H2,2-3H3,(H2,16,18,19)/t8?,10-,13?,15-/m1/s1. The van der Waals surface area contributed by atoms with Crippen molar-refractivity contribution < 1.29 is 24.4 Å². The van der Waals surface area contributed by atoms with Gasteiger partial charge in [0.05, 0.1) is 20.0 Å². The molecule has 3 heterocycles. The highest BCUT2D eigenvalue weighted by Gasteiger charge is 2.56. The van der Waals surface area contributed by atoms with E-state index in [1.807, 2.05) is 0 Å². The summed E-state index contributed by atoms with van der Waals surface area (Å²) in [6.07, 6.45) is 0.774. The number of nitrogens with two attached hydrogens (primary N) is 1. The number of nitrogens with zero attached hydrogens (tertiary/aromatic N) is 4. The first-order valence-electron chi connectivity index (χ1n) is 7.66. The van der Waals surface area contributed by atoms with Crippen LogP contribution in [0.15, 0.2) is 19.0 Å². The summed E-state index contributed by atoms with van der Waals surface area (Å²) < 4.78 is 18.0. The second-order valence-corrected chi connectivity index (χ2v) is 5.76. The van der Waals surface area contributed by atoms with Gasteiger partial charge >= 0.3 is 0 Å². The smallest absolute Gasteiger partial charge is 0.246 e. The van der Waals surface area contributed by atoms with Crippen LogP contribution in [0.5, 0.6) is 5.88 Å². The molecule has 0 aromatic carbocycles. The Hall–Kier alpha value is -2.27. The lowest BCUT2D eigenvalue weighted by Gasteiger charge is -2.32. The van der Waals surface area contributed by atoms with Gasteiger partial charge in [0.25, 0.3) is 0 Å². The van der Waals surface area contributed by atoms with Crippen LogP contribution in [-0.2, 0) is 9.47 Å².